The fourth-order valence-electron chi connectivity index (χ4n) is 3.28. The summed E-state index contributed by atoms with van der Waals surface area (Å²) in [4.78, 5) is 12.5. The smallest absolute Gasteiger partial charge is 0.339 e. The quantitative estimate of drug-likeness (QED) is 0.484. The van der Waals surface area contributed by atoms with Crippen LogP contribution in [0.3, 0.4) is 0 Å². The van der Waals surface area contributed by atoms with Gasteiger partial charge in [-0.25, -0.2) is 13.2 Å². The van der Waals surface area contributed by atoms with E-state index >= 15 is 0 Å². The molecule has 8 heteroatoms. The standard InChI is InChI=1S/C21H24ClNO5S/c1-15-6-5-7-16(2)20(15)27-12-13-28-21(24)18-14-17(8-9-19(18)22)29(25,26)23-10-3-4-11-23/h5-9,14H,3-4,10-13H2,1-2H3. The molecule has 0 unspecified atom stereocenters. The summed E-state index contributed by atoms with van der Waals surface area (Å²) < 4.78 is 37.8. The van der Waals surface area contributed by atoms with Crippen molar-refractivity contribution in [1.82, 2.24) is 4.31 Å². The minimum atomic E-state index is -3.64. The Hall–Kier alpha value is -2.09. The number of hydrogen-bond donors (Lipinski definition) is 0. The van der Waals surface area contributed by atoms with Crippen molar-refractivity contribution in [3.05, 3.63) is 58.1 Å². The first-order valence-electron chi connectivity index (χ1n) is 9.46. The fraction of sp³-hybridized carbons (Fsp3) is 0.381. The van der Waals surface area contributed by atoms with Crippen molar-refractivity contribution in [2.24, 2.45) is 0 Å². The van der Waals surface area contributed by atoms with Crippen LogP contribution < -0.4 is 4.74 Å². The van der Waals surface area contributed by atoms with Crippen molar-refractivity contribution >= 4 is 27.6 Å². The van der Waals surface area contributed by atoms with Crippen LogP contribution in [0.2, 0.25) is 5.02 Å². The average Bonchev–Trinajstić information content (AvgIpc) is 3.22. The van der Waals surface area contributed by atoms with Crippen molar-refractivity contribution in [3.8, 4) is 5.75 Å². The molecule has 0 N–H and O–H groups in total. The lowest BCUT2D eigenvalue weighted by Crippen LogP contribution is -2.28. The third-order valence-corrected chi connectivity index (χ3v) is 7.06. The van der Waals surface area contributed by atoms with E-state index in [0.717, 1.165) is 29.7 Å². The molecule has 3 rings (SSSR count). The van der Waals surface area contributed by atoms with Crippen molar-refractivity contribution < 1.29 is 22.7 Å². The molecule has 0 radical (unpaired) electrons. The maximum atomic E-state index is 12.7. The molecule has 1 aliphatic heterocycles. The molecule has 0 amide bonds. The molecular weight excluding hydrogens is 414 g/mol. The number of halogens is 1. The minimum Gasteiger partial charge on any atom is -0.489 e. The molecule has 0 aliphatic carbocycles. The number of rotatable bonds is 7. The van der Waals surface area contributed by atoms with E-state index in [9.17, 15) is 13.2 Å². The molecular formula is C21H24ClNO5S. The molecule has 0 saturated carbocycles. The predicted octanol–water partition coefficient (Wildman–Crippen LogP) is 3.98. The van der Waals surface area contributed by atoms with Crippen LogP contribution in [0.1, 0.15) is 34.3 Å². The molecule has 2 aromatic carbocycles. The largest absolute Gasteiger partial charge is 0.489 e. The van der Waals surface area contributed by atoms with Gasteiger partial charge >= 0.3 is 5.97 Å². The molecule has 0 aromatic heterocycles. The van der Waals surface area contributed by atoms with Gasteiger partial charge in [0.15, 0.2) is 0 Å². The molecule has 1 saturated heterocycles. The molecule has 1 heterocycles. The summed E-state index contributed by atoms with van der Waals surface area (Å²) in [7, 11) is -3.64. The number of benzene rings is 2. The lowest BCUT2D eigenvalue weighted by atomic mass is 10.1. The Morgan fingerprint density at radius 2 is 1.72 bits per heavy atom. The first kappa shape index (κ1) is 21.6. The van der Waals surface area contributed by atoms with Gasteiger partial charge in [0.25, 0.3) is 0 Å². The fourth-order valence-corrected chi connectivity index (χ4v) is 5.02. The van der Waals surface area contributed by atoms with Crippen LogP contribution in [0.5, 0.6) is 5.75 Å². The highest BCUT2D eigenvalue weighted by Crippen LogP contribution is 2.26. The normalized spacial score (nSPS) is 14.7. The highest BCUT2D eigenvalue weighted by Gasteiger charge is 2.28. The van der Waals surface area contributed by atoms with Crippen LogP contribution in [-0.2, 0) is 14.8 Å². The topological polar surface area (TPSA) is 72.9 Å². The van der Waals surface area contributed by atoms with Crippen molar-refractivity contribution in [1.29, 1.82) is 0 Å². The predicted molar refractivity (Wildman–Crippen MR) is 111 cm³/mol. The summed E-state index contributed by atoms with van der Waals surface area (Å²) in [6.45, 7) is 5.06. The SMILES string of the molecule is Cc1cccc(C)c1OCCOC(=O)c1cc(S(=O)(=O)N2CCCC2)ccc1Cl. The Labute approximate surface area is 176 Å². The maximum Gasteiger partial charge on any atom is 0.339 e. The van der Waals surface area contributed by atoms with Gasteiger partial charge in [-0.1, -0.05) is 29.8 Å². The number of carbonyl (C=O) groups is 1. The van der Waals surface area contributed by atoms with Crippen LogP contribution in [0, 0.1) is 13.8 Å². The zero-order valence-corrected chi connectivity index (χ0v) is 18.1. The number of ether oxygens (including phenoxy) is 2. The van der Waals surface area contributed by atoms with E-state index in [4.69, 9.17) is 21.1 Å². The van der Waals surface area contributed by atoms with Gasteiger partial charge in [-0.15, -0.1) is 0 Å². The second-order valence-electron chi connectivity index (χ2n) is 6.96. The number of aryl methyl sites for hydroxylation is 2. The molecule has 0 spiro atoms. The van der Waals surface area contributed by atoms with E-state index in [1.807, 2.05) is 32.0 Å². The lowest BCUT2D eigenvalue weighted by molar-refractivity contribution is 0.0449. The molecule has 1 aliphatic rings. The van der Waals surface area contributed by atoms with Gasteiger partial charge in [-0.3, -0.25) is 0 Å². The van der Waals surface area contributed by atoms with E-state index in [1.54, 1.807) is 0 Å². The first-order chi connectivity index (χ1) is 13.8. The molecule has 2 aromatic rings. The van der Waals surface area contributed by atoms with Crippen LogP contribution >= 0.6 is 11.6 Å². The monoisotopic (exact) mass is 437 g/mol. The number of sulfonamides is 1. The van der Waals surface area contributed by atoms with Crippen LogP contribution in [-0.4, -0.2) is 45.0 Å². The van der Waals surface area contributed by atoms with E-state index in [0.29, 0.717) is 13.1 Å². The van der Waals surface area contributed by atoms with E-state index in [2.05, 4.69) is 0 Å². The Balaban J connectivity index is 1.65. The zero-order valence-electron chi connectivity index (χ0n) is 16.5. The van der Waals surface area contributed by atoms with Gasteiger partial charge in [-0.2, -0.15) is 4.31 Å². The third kappa shape index (κ3) is 4.91. The van der Waals surface area contributed by atoms with Crippen LogP contribution in [0.4, 0.5) is 0 Å². The summed E-state index contributed by atoms with van der Waals surface area (Å²) in [5.41, 5.74) is 2.03. The van der Waals surface area contributed by atoms with Crippen molar-refractivity contribution in [2.75, 3.05) is 26.3 Å². The molecule has 0 bridgehead atoms. The highest BCUT2D eigenvalue weighted by atomic mass is 35.5. The van der Waals surface area contributed by atoms with Gasteiger partial charge < -0.3 is 9.47 Å². The molecule has 0 atom stereocenters. The molecule has 29 heavy (non-hydrogen) atoms. The summed E-state index contributed by atoms with van der Waals surface area (Å²) in [5, 5.41) is 0.144. The Bertz CT molecular complexity index is 980. The van der Waals surface area contributed by atoms with Gasteiger partial charge in [-0.05, 0) is 56.0 Å². The summed E-state index contributed by atoms with van der Waals surface area (Å²) in [6.07, 6.45) is 1.67. The summed E-state index contributed by atoms with van der Waals surface area (Å²) >= 11 is 6.11. The van der Waals surface area contributed by atoms with Gasteiger partial charge in [0.2, 0.25) is 10.0 Å². The molecule has 1 fully saturated rings. The van der Waals surface area contributed by atoms with Gasteiger partial charge in [0.05, 0.1) is 15.5 Å². The van der Waals surface area contributed by atoms with E-state index in [-0.39, 0.29) is 28.7 Å². The van der Waals surface area contributed by atoms with Gasteiger partial charge in [0.1, 0.15) is 19.0 Å². The third-order valence-electron chi connectivity index (χ3n) is 4.83. The van der Waals surface area contributed by atoms with E-state index in [1.165, 1.54) is 22.5 Å². The molecule has 6 nitrogen and oxygen atoms in total. The first-order valence-corrected chi connectivity index (χ1v) is 11.3. The van der Waals surface area contributed by atoms with Crippen LogP contribution in [0.15, 0.2) is 41.3 Å². The maximum absolute atomic E-state index is 12.7. The zero-order chi connectivity index (χ0) is 21.0. The van der Waals surface area contributed by atoms with Gasteiger partial charge in [0, 0.05) is 13.1 Å². The highest BCUT2D eigenvalue weighted by molar-refractivity contribution is 7.89. The second kappa shape index (κ2) is 9.15. The Morgan fingerprint density at radius 3 is 2.38 bits per heavy atom. The minimum absolute atomic E-state index is 0.0199. The van der Waals surface area contributed by atoms with Crippen LogP contribution in [0.25, 0.3) is 0 Å². The Morgan fingerprint density at radius 1 is 1.07 bits per heavy atom. The van der Waals surface area contributed by atoms with Crippen molar-refractivity contribution in [3.63, 3.8) is 0 Å². The number of esters is 1. The number of para-hydroxylation sites is 1. The Kier molecular flexibility index (Phi) is 6.82. The second-order valence-corrected chi connectivity index (χ2v) is 9.30. The molecule has 156 valence electrons. The van der Waals surface area contributed by atoms with E-state index < -0.39 is 16.0 Å². The number of carbonyl (C=O) groups excluding carboxylic acids is 1. The van der Waals surface area contributed by atoms with Crippen molar-refractivity contribution in [2.45, 2.75) is 31.6 Å². The average molecular weight is 438 g/mol. The summed E-state index contributed by atoms with van der Waals surface area (Å²) in [6, 6.07) is 9.94. The lowest BCUT2D eigenvalue weighted by Gasteiger charge is -2.16. The number of nitrogens with zero attached hydrogens (tertiary/aromatic N) is 1. The number of hydrogen-bond acceptors (Lipinski definition) is 5. The summed E-state index contributed by atoms with van der Waals surface area (Å²) in [5.74, 6) is 0.0823.